The number of aromatic nitrogens is 1. The van der Waals surface area contributed by atoms with E-state index in [4.69, 9.17) is 9.47 Å². The van der Waals surface area contributed by atoms with E-state index in [0.29, 0.717) is 10.9 Å². The molecule has 0 spiro atoms. The average Bonchev–Trinajstić information content (AvgIpc) is 3.03. The van der Waals surface area contributed by atoms with E-state index >= 15 is 0 Å². The van der Waals surface area contributed by atoms with Crippen LogP contribution in [0.5, 0.6) is 11.5 Å². The third-order valence-electron chi connectivity index (χ3n) is 4.76. The molecule has 6 heteroatoms. The Morgan fingerprint density at radius 2 is 2.15 bits per heavy atom. The molecule has 2 aromatic rings. The number of ether oxygens (including phenoxy) is 2. The number of rotatable bonds is 4. The van der Waals surface area contributed by atoms with Gasteiger partial charge >= 0.3 is 0 Å². The molecule has 0 saturated heterocycles. The van der Waals surface area contributed by atoms with Crippen LogP contribution in [0.25, 0.3) is 0 Å². The summed E-state index contributed by atoms with van der Waals surface area (Å²) in [5.41, 5.74) is 2.04. The molecule has 1 N–H and O–H groups in total. The molecule has 1 aromatic heterocycles. The molecule has 1 aliphatic heterocycles. The third kappa shape index (κ3) is 3.70. The van der Waals surface area contributed by atoms with Crippen LogP contribution in [0.15, 0.2) is 18.2 Å². The van der Waals surface area contributed by atoms with Crippen LogP contribution < -0.4 is 14.8 Å². The van der Waals surface area contributed by atoms with E-state index in [1.165, 1.54) is 24.1 Å². The molecule has 0 saturated carbocycles. The summed E-state index contributed by atoms with van der Waals surface area (Å²) in [5.74, 6) is 1.19. The molecule has 4 rings (SSSR count). The summed E-state index contributed by atoms with van der Waals surface area (Å²) in [7, 11) is 0. The number of hydrogen-bond acceptors (Lipinski definition) is 5. The third-order valence-corrected chi connectivity index (χ3v) is 5.83. The van der Waals surface area contributed by atoms with Crippen molar-refractivity contribution in [3.05, 3.63) is 34.3 Å². The van der Waals surface area contributed by atoms with E-state index in [1.807, 2.05) is 18.2 Å². The molecule has 1 aliphatic carbocycles. The molecule has 1 aromatic carbocycles. The predicted molar refractivity (Wildman–Crippen MR) is 102 cm³/mol. The molecule has 0 bridgehead atoms. The van der Waals surface area contributed by atoms with Gasteiger partial charge in [-0.25, -0.2) is 4.98 Å². The van der Waals surface area contributed by atoms with Crippen molar-refractivity contribution in [2.45, 2.75) is 58.0 Å². The lowest BCUT2D eigenvalue weighted by Gasteiger charge is -2.18. The van der Waals surface area contributed by atoms with Gasteiger partial charge in [0, 0.05) is 16.9 Å². The second-order valence-electron chi connectivity index (χ2n) is 7.57. The van der Waals surface area contributed by atoms with Crippen LogP contribution >= 0.6 is 11.3 Å². The summed E-state index contributed by atoms with van der Waals surface area (Å²) in [6.07, 6.45) is 6.59. The second-order valence-corrected chi connectivity index (χ2v) is 8.65. The van der Waals surface area contributed by atoms with Gasteiger partial charge in [0.2, 0.25) is 0 Å². The van der Waals surface area contributed by atoms with Gasteiger partial charge in [-0.15, -0.1) is 11.3 Å². The van der Waals surface area contributed by atoms with Crippen molar-refractivity contribution in [3.63, 3.8) is 0 Å². The number of anilines is 1. The zero-order valence-electron chi connectivity index (χ0n) is 15.3. The molecule has 0 unspecified atom stereocenters. The molecule has 0 fully saturated rings. The number of thiazole rings is 1. The Bertz CT molecular complexity index is 805. The van der Waals surface area contributed by atoms with Crippen molar-refractivity contribution in [2.24, 2.45) is 0 Å². The Kier molecular flexibility index (Phi) is 4.61. The first-order valence-electron chi connectivity index (χ1n) is 9.22. The van der Waals surface area contributed by atoms with Crippen LogP contribution in [-0.2, 0) is 24.1 Å². The van der Waals surface area contributed by atoms with Crippen LogP contribution in [0.2, 0.25) is 0 Å². The van der Waals surface area contributed by atoms with E-state index in [9.17, 15) is 4.79 Å². The fraction of sp³-hybridized carbons (Fsp3) is 0.500. The molecular weight excluding hydrogens is 348 g/mol. The summed E-state index contributed by atoms with van der Waals surface area (Å²) >= 11 is 1.60. The summed E-state index contributed by atoms with van der Waals surface area (Å²) in [5, 5.41) is 3.56. The number of benzene rings is 1. The molecule has 2 aliphatic rings. The van der Waals surface area contributed by atoms with Crippen LogP contribution in [0.1, 0.15) is 49.2 Å². The van der Waals surface area contributed by atoms with Gasteiger partial charge in [0.1, 0.15) is 5.60 Å². The Morgan fingerprint density at radius 1 is 1.31 bits per heavy atom. The maximum Gasteiger partial charge on any atom is 0.264 e. The Hall–Kier alpha value is -2.08. The summed E-state index contributed by atoms with van der Waals surface area (Å²) in [6, 6.07) is 5.83. The quantitative estimate of drug-likeness (QED) is 0.820. The highest BCUT2D eigenvalue weighted by Crippen LogP contribution is 2.41. The number of para-hydroxylation sites is 1. The first kappa shape index (κ1) is 17.3. The van der Waals surface area contributed by atoms with E-state index in [2.05, 4.69) is 24.1 Å². The lowest BCUT2D eigenvalue weighted by Crippen LogP contribution is -2.25. The van der Waals surface area contributed by atoms with Gasteiger partial charge < -0.3 is 9.47 Å². The topological polar surface area (TPSA) is 60.5 Å². The number of hydrogen-bond donors (Lipinski definition) is 1. The summed E-state index contributed by atoms with van der Waals surface area (Å²) in [4.78, 5) is 18.2. The van der Waals surface area contributed by atoms with Gasteiger partial charge in [-0.3, -0.25) is 10.1 Å². The number of aryl methyl sites for hydroxylation is 2. The van der Waals surface area contributed by atoms with E-state index in [0.717, 1.165) is 36.3 Å². The lowest BCUT2D eigenvalue weighted by molar-refractivity contribution is -0.118. The van der Waals surface area contributed by atoms with Gasteiger partial charge in [0.05, 0.1) is 5.69 Å². The molecule has 0 atom stereocenters. The first-order chi connectivity index (χ1) is 12.5. The number of carbonyl (C=O) groups excluding carboxylic acids is 1. The Morgan fingerprint density at radius 3 is 3.04 bits per heavy atom. The SMILES string of the molecule is CC1(C)Cc2cccc(OCC(=O)Nc3nc4c(s3)CCCCC4)c2O1. The zero-order valence-corrected chi connectivity index (χ0v) is 16.1. The number of carbonyl (C=O) groups is 1. The molecule has 1 amide bonds. The van der Waals surface area contributed by atoms with Gasteiger partial charge in [-0.05, 0) is 45.6 Å². The Balaban J connectivity index is 1.38. The number of nitrogens with zero attached hydrogens (tertiary/aromatic N) is 1. The van der Waals surface area contributed by atoms with Gasteiger partial charge in [-0.2, -0.15) is 0 Å². The molecular formula is C20H24N2O3S. The van der Waals surface area contributed by atoms with Crippen molar-refractivity contribution in [1.29, 1.82) is 0 Å². The van der Waals surface area contributed by atoms with E-state index in [1.54, 1.807) is 11.3 Å². The van der Waals surface area contributed by atoms with Crippen LogP contribution in [0, 0.1) is 0 Å². The molecule has 138 valence electrons. The smallest absolute Gasteiger partial charge is 0.264 e. The normalized spacial score (nSPS) is 17.6. The highest BCUT2D eigenvalue weighted by molar-refractivity contribution is 7.15. The largest absolute Gasteiger partial charge is 0.483 e. The van der Waals surface area contributed by atoms with E-state index < -0.39 is 0 Å². The molecule has 5 nitrogen and oxygen atoms in total. The standard InChI is InChI=1S/C20H24N2O3S/c1-20(2)11-13-7-6-9-15(18(13)25-20)24-12-17(23)22-19-21-14-8-4-3-5-10-16(14)26-19/h6-7,9H,3-5,8,10-12H2,1-2H3,(H,21,22,23). The minimum Gasteiger partial charge on any atom is -0.483 e. The predicted octanol–water partition coefficient (Wildman–Crippen LogP) is 4.14. The van der Waals surface area contributed by atoms with Crippen LogP contribution in [-0.4, -0.2) is 23.1 Å². The maximum atomic E-state index is 12.3. The van der Waals surface area contributed by atoms with Gasteiger partial charge in [0.15, 0.2) is 23.2 Å². The van der Waals surface area contributed by atoms with Crippen molar-refractivity contribution >= 4 is 22.4 Å². The minimum absolute atomic E-state index is 0.0511. The maximum absolute atomic E-state index is 12.3. The minimum atomic E-state index is -0.233. The number of nitrogens with one attached hydrogen (secondary N) is 1. The molecule has 2 heterocycles. The van der Waals surface area contributed by atoms with Crippen molar-refractivity contribution in [1.82, 2.24) is 4.98 Å². The zero-order chi connectivity index (χ0) is 18.1. The molecule has 26 heavy (non-hydrogen) atoms. The fourth-order valence-electron chi connectivity index (χ4n) is 3.58. The Labute approximate surface area is 157 Å². The van der Waals surface area contributed by atoms with Crippen molar-refractivity contribution in [2.75, 3.05) is 11.9 Å². The van der Waals surface area contributed by atoms with Crippen LogP contribution in [0.3, 0.4) is 0 Å². The highest BCUT2D eigenvalue weighted by Gasteiger charge is 2.32. The second kappa shape index (κ2) is 6.91. The highest BCUT2D eigenvalue weighted by atomic mass is 32.1. The lowest BCUT2D eigenvalue weighted by atomic mass is 10.0. The van der Waals surface area contributed by atoms with Crippen LogP contribution in [0.4, 0.5) is 5.13 Å². The van der Waals surface area contributed by atoms with Gasteiger partial charge in [-0.1, -0.05) is 18.6 Å². The average molecular weight is 372 g/mol. The number of fused-ring (bicyclic) bond motifs is 2. The summed E-state index contributed by atoms with van der Waals surface area (Å²) in [6.45, 7) is 4.05. The van der Waals surface area contributed by atoms with Gasteiger partial charge in [0.25, 0.3) is 5.91 Å². The first-order valence-corrected chi connectivity index (χ1v) is 10.0. The fourth-order valence-corrected chi connectivity index (χ4v) is 4.65. The summed E-state index contributed by atoms with van der Waals surface area (Å²) < 4.78 is 11.7. The monoisotopic (exact) mass is 372 g/mol. The number of amides is 1. The molecule has 0 radical (unpaired) electrons. The van der Waals surface area contributed by atoms with Crippen molar-refractivity contribution in [3.8, 4) is 11.5 Å². The van der Waals surface area contributed by atoms with Crippen molar-refractivity contribution < 1.29 is 14.3 Å². The van der Waals surface area contributed by atoms with E-state index in [-0.39, 0.29) is 18.1 Å².